The van der Waals surface area contributed by atoms with Gasteiger partial charge >= 0.3 is 0 Å². The Balaban J connectivity index is 2.06. The van der Waals surface area contributed by atoms with E-state index in [2.05, 4.69) is 30.5 Å². The molecule has 126 valence electrons. The standard InChI is InChI=1S/C19H24N4O/c1-13-11-17-18(12-14(13)2)23(8-10-24-9-7-20)19(22-17)15-3-5-16(21)6-4-15/h3-6,11-12H,7-10,20-21H2,1-2H3. The van der Waals surface area contributed by atoms with Gasteiger partial charge < -0.3 is 20.8 Å². The first kappa shape index (κ1) is 16.5. The molecule has 0 radical (unpaired) electrons. The van der Waals surface area contributed by atoms with E-state index < -0.39 is 0 Å². The maximum absolute atomic E-state index is 5.81. The summed E-state index contributed by atoms with van der Waals surface area (Å²) < 4.78 is 7.79. The molecule has 1 aromatic heterocycles. The second-order valence-corrected chi connectivity index (χ2v) is 6.04. The molecule has 24 heavy (non-hydrogen) atoms. The van der Waals surface area contributed by atoms with E-state index in [1.54, 1.807) is 0 Å². The highest BCUT2D eigenvalue weighted by Gasteiger charge is 2.13. The molecule has 0 aliphatic carbocycles. The predicted octanol–water partition coefficient (Wildman–Crippen LogP) is 2.88. The van der Waals surface area contributed by atoms with Gasteiger partial charge in [0.25, 0.3) is 0 Å². The zero-order chi connectivity index (χ0) is 17.1. The van der Waals surface area contributed by atoms with Crippen LogP contribution in [0.2, 0.25) is 0 Å². The summed E-state index contributed by atoms with van der Waals surface area (Å²) in [5.74, 6) is 0.936. The van der Waals surface area contributed by atoms with E-state index in [1.807, 2.05) is 24.3 Å². The minimum absolute atomic E-state index is 0.536. The van der Waals surface area contributed by atoms with E-state index in [0.29, 0.717) is 19.8 Å². The summed E-state index contributed by atoms with van der Waals surface area (Å²) in [4.78, 5) is 4.86. The lowest BCUT2D eigenvalue weighted by Gasteiger charge is -2.10. The highest BCUT2D eigenvalue weighted by molar-refractivity contribution is 5.82. The maximum atomic E-state index is 5.81. The van der Waals surface area contributed by atoms with E-state index in [-0.39, 0.29) is 0 Å². The third-order valence-corrected chi connectivity index (χ3v) is 4.25. The molecule has 0 saturated carbocycles. The summed E-state index contributed by atoms with van der Waals surface area (Å²) in [6.45, 7) is 6.69. The number of ether oxygens (including phenoxy) is 1. The number of nitrogen functional groups attached to an aromatic ring is 1. The van der Waals surface area contributed by atoms with Gasteiger partial charge in [0, 0.05) is 24.3 Å². The molecule has 0 atom stereocenters. The number of hydrogen-bond donors (Lipinski definition) is 2. The summed E-state index contributed by atoms with van der Waals surface area (Å²) in [6.07, 6.45) is 0. The van der Waals surface area contributed by atoms with Gasteiger partial charge in [0.15, 0.2) is 0 Å². The van der Waals surface area contributed by atoms with Crippen molar-refractivity contribution >= 4 is 16.7 Å². The first-order chi connectivity index (χ1) is 11.6. The van der Waals surface area contributed by atoms with Crippen molar-refractivity contribution in [1.82, 2.24) is 9.55 Å². The highest BCUT2D eigenvalue weighted by atomic mass is 16.5. The largest absolute Gasteiger partial charge is 0.399 e. The molecule has 5 nitrogen and oxygen atoms in total. The Hall–Kier alpha value is -2.37. The van der Waals surface area contributed by atoms with Gasteiger partial charge in [-0.05, 0) is 61.4 Å². The van der Waals surface area contributed by atoms with E-state index in [9.17, 15) is 0 Å². The molecule has 0 fully saturated rings. The molecular formula is C19H24N4O. The summed E-state index contributed by atoms with van der Waals surface area (Å²) in [5.41, 5.74) is 17.7. The van der Waals surface area contributed by atoms with E-state index in [4.69, 9.17) is 21.2 Å². The molecule has 0 aliphatic heterocycles. The van der Waals surface area contributed by atoms with Crippen LogP contribution in [0.15, 0.2) is 36.4 Å². The van der Waals surface area contributed by atoms with Gasteiger partial charge in [-0.3, -0.25) is 0 Å². The second kappa shape index (κ2) is 7.03. The minimum Gasteiger partial charge on any atom is -0.399 e. The van der Waals surface area contributed by atoms with Crippen LogP contribution in [-0.2, 0) is 11.3 Å². The fourth-order valence-electron chi connectivity index (χ4n) is 2.80. The summed E-state index contributed by atoms with van der Waals surface area (Å²) in [7, 11) is 0. The Kier molecular flexibility index (Phi) is 4.83. The van der Waals surface area contributed by atoms with Gasteiger partial charge in [0.1, 0.15) is 5.82 Å². The fourth-order valence-corrected chi connectivity index (χ4v) is 2.80. The van der Waals surface area contributed by atoms with Gasteiger partial charge in [-0.15, -0.1) is 0 Å². The van der Waals surface area contributed by atoms with Crippen LogP contribution in [0, 0.1) is 13.8 Å². The van der Waals surface area contributed by atoms with Crippen LogP contribution < -0.4 is 11.5 Å². The van der Waals surface area contributed by atoms with Crippen LogP contribution in [0.4, 0.5) is 5.69 Å². The smallest absolute Gasteiger partial charge is 0.141 e. The van der Waals surface area contributed by atoms with Crippen molar-refractivity contribution in [2.45, 2.75) is 20.4 Å². The molecule has 3 rings (SSSR count). The minimum atomic E-state index is 0.536. The first-order valence-corrected chi connectivity index (χ1v) is 8.21. The second-order valence-electron chi connectivity index (χ2n) is 6.04. The number of aryl methyl sites for hydroxylation is 2. The predicted molar refractivity (Wildman–Crippen MR) is 98.9 cm³/mol. The van der Waals surface area contributed by atoms with Gasteiger partial charge in [-0.1, -0.05) is 0 Å². The van der Waals surface area contributed by atoms with Crippen LogP contribution >= 0.6 is 0 Å². The topological polar surface area (TPSA) is 79.1 Å². The Morgan fingerprint density at radius 3 is 2.46 bits per heavy atom. The number of nitrogens with two attached hydrogens (primary N) is 2. The Bertz CT molecular complexity index is 837. The lowest BCUT2D eigenvalue weighted by molar-refractivity contribution is 0.134. The normalized spacial score (nSPS) is 11.3. The Labute approximate surface area is 142 Å². The summed E-state index contributed by atoms with van der Waals surface area (Å²) >= 11 is 0. The average molecular weight is 324 g/mol. The molecule has 0 spiro atoms. The molecule has 3 aromatic rings. The maximum Gasteiger partial charge on any atom is 0.141 e. The monoisotopic (exact) mass is 324 g/mol. The third kappa shape index (κ3) is 3.27. The molecule has 0 saturated heterocycles. The average Bonchev–Trinajstić information content (AvgIpc) is 2.90. The molecule has 0 unspecified atom stereocenters. The van der Waals surface area contributed by atoms with Gasteiger partial charge in [-0.25, -0.2) is 4.98 Å². The van der Waals surface area contributed by atoms with Crippen molar-refractivity contribution in [1.29, 1.82) is 0 Å². The molecule has 0 amide bonds. The number of hydrogen-bond acceptors (Lipinski definition) is 4. The fraction of sp³-hybridized carbons (Fsp3) is 0.316. The number of benzene rings is 2. The molecule has 4 N–H and O–H groups in total. The van der Waals surface area contributed by atoms with Crippen molar-refractivity contribution in [2.24, 2.45) is 5.73 Å². The van der Waals surface area contributed by atoms with E-state index in [1.165, 1.54) is 11.1 Å². The molecule has 0 bridgehead atoms. The van der Waals surface area contributed by atoms with Crippen molar-refractivity contribution in [2.75, 3.05) is 25.5 Å². The number of aromatic nitrogens is 2. The summed E-state index contributed by atoms with van der Waals surface area (Å²) in [6, 6.07) is 12.2. The number of nitrogens with zero attached hydrogens (tertiary/aromatic N) is 2. The number of imidazole rings is 1. The van der Waals surface area contributed by atoms with Gasteiger partial charge in [0.05, 0.1) is 24.2 Å². The van der Waals surface area contributed by atoms with Crippen LogP contribution in [0.3, 0.4) is 0 Å². The summed E-state index contributed by atoms with van der Waals surface area (Å²) in [5, 5.41) is 0. The van der Waals surface area contributed by atoms with Crippen molar-refractivity contribution in [3.05, 3.63) is 47.5 Å². The van der Waals surface area contributed by atoms with Crippen molar-refractivity contribution in [3.63, 3.8) is 0 Å². The number of anilines is 1. The SMILES string of the molecule is Cc1cc2nc(-c3ccc(N)cc3)n(CCOCCN)c2cc1C. The zero-order valence-electron chi connectivity index (χ0n) is 14.2. The number of rotatable bonds is 6. The van der Waals surface area contributed by atoms with Crippen LogP contribution in [0.1, 0.15) is 11.1 Å². The van der Waals surface area contributed by atoms with Crippen LogP contribution in [0.5, 0.6) is 0 Å². The van der Waals surface area contributed by atoms with Gasteiger partial charge in [-0.2, -0.15) is 0 Å². The molecule has 2 aromatic carbocycles. The first-order valence-electron chi connectivity index (χ1n) is 8.21. The van der Waals surface area contributed by atoms with E-state index in [0.717, 1.165) is 34.7 Å². The lowest BCUT2D eigenvalue weighted by Crippen LogP contribution is -2.13. The highest BCUT2D eigenvalue weighted by Crippen LogP contribution is 2.27. The quantitative estimate of drug-likeness (QED) is 0.540. The molecule has 0 aliphatic rings. The lowest BCUT2D eigenvalue weighted by atomic mass is 10.1. The zero-order valence-corrected chi connectivity index (χ0v) is 14.2. The Morgan fingerprint density at radius 1 is 1.04 bits per heavy atom. The number of fused-ring (bicyclic) bond motifs is 1. The van der Waals surface area contributed by atoms with Crippen molar-refractivity contribution < 1.29 is 4.74 Å². The van der Waals surface area contributed by atoms with Crippen LogP contribution in [0.25, 0.3) is 22.4 Å². The molecule has 5 heteroatoms. The van der Waals surface area contributed by atoms with E-state index >= 15 is 0 Å². The molecule has 1 heterocycles. The third-order valence-electron chi connectivity index (χ3n) is 4.25. The van der Waals surface area contributed by atoms with Crippen LogP contribution in [-0.4, -0.2) is 29.3 Å². The van der Waals surface area contributed by atoms with Gasteiger partial charge in [0.2, 0.25) is 0 Å². The van der Waals surface area contributed by atoms with Crippen molar-refractivity contribution in [3.8, 4) is 11.4 Å². The Morgan fingerprint density at radius 2 is 1.75 bits per heavy atom. The molecular weight excluding hydrogens is 300 g/mol.